The van der Waals surface area contributed by atoms with Gasteiger partial charge in [-0.05, 0) is 52.0 Å². The molecule has 1 spiro atoms. The summed E-state index contributed by atoms with van der Waals surface area (Å²) in [6.07, 6.45) is -0.833. The molecule has 3 N–H and O–H groups in total. The molecule has 2 atom stereocenters. The molecule has 0 unspecified atom stereocenters. The highest BCUT2D eigenvalue weighted by Crippen LogP contribution is 2.48. The Bertz CT molecular complexity index is 1260. The van der Waals surface area contributed by atoms with Crippen molar-refractivity contribution in [2.24, 2.45) is 0 Å². The number of aromatic nitrogens is 1. The fraction of sp³-hybridized carbons (Fsp3) is 0.538. The van der Waals surface area contributed by atoms with Crippen LogP contribution in [0.5, 0.6) is 0 Å². The number of amides is 1. The Morgan fingerprint density at radius 2 is 1.84 bits per heavy atom. The first kappa shape index (κ1) is 25.7. The quantitative estimate of drug-likeness (QED) is 0.431. The second-order valence-electron chi connectivity index (χ2n) is 10.5. The largest absolute Gasteiger partial charge is 0.381 e. The number of nitrogens with zero attached hydrogens (tertiary/aromatic N) is 1. The molecule has 11 heteroatoms. The summed E-state index contributed by atoms with van der Waals surface area (Å²) in [6, 6.07) is 3.68. The summed E-state index contributed by atoms with van der Waals surface area (Å²) < 4.78 is 69.6. The van der Waals surface area contributed by atoms with Gasteiger partial charge < -0.3 is 20.5 Å². The van der Waals surface area contributed by atoms with Crippen LogP contribution in [0, 0.1) is 5.82 Å². The molecule has 2 aromatic rings. The molecular weight excluding hydrogens is 495 g/mol. The van der Waals surface area contributed by atoms with Gasteiger partial charge >= 0.3 is 0 Å². The van der Waals surface area contributed by atoms with E-state index in [0.29, 0.717) is 0 Å². The van der Waals surface area contributed by atoms with E-state index in [9.17, 15) is 31.5 Å². The topological polar surface area (TPSA) is 75.2 Å². The van der Waals surface area contributed by atoms with Crippen molar-refractivity contribution in [2.75, 3.05) is 11.9 Å². The van der Waals surface area contributed by atoms with Gasteiger partial charge in [-0.15, -0.1) is 0 Å². The Labute approximate surface area is 210 Å². The molecule has 37 heavy (non-hydrogen) atoms. The molecule has 3 fully saturated rings. The van der Waals surface area contributed by atoms with Gasteiger partial charge in [-0.1, -0.05) is 18.2 Å². The lowest BCUT2D eigenvalue weighted by atomic mass is 9.97. The third-order valence-electron chi connectivity index (χ3n) is 7.90. The molecular formula is C26H29F5N4O2. The number of carbonyl (C=O) groups is 1. The van der Waals surface area contributed by atoms with E-state index >= 15 is 0 Å². The number of piperidine rings is 1. The SMILES string of the molecule is C[C@@H](NC(=O)c1cn(C2(C(F)F)CC2)c(=O)cc1N[C@@H]1CCNC2(CC2)C1)c1cccc(C(F)F)c1F. The first-order chi connectivity index (χ1) is 17.5. The highest BCUT2D eigenvalue weighted by atomic mass is 19.3. The van der Waals surface area contributed by atoms with Crippen LogP contribution in [-0.4, -0.2) is 35.0 Å². The minimum atomic E-state index is -3.02. The smallest absolute Gasteiger partial charge is 0.266 e. The molecule has 1 aliphatic heterocycles. The first-order valence-corrected chi connectivity index (χ1v) is 12.5. The zero-order chi connectivity index (χ0) is 26.5. The number of benzene rings is 1. The van der Waals surface area contributed by atoms with E-state index in [1.807, 2.05) is 0 Å². The van der Waals surface area contributed by atoms with Crippen molar-refractivity contribution in [3.8, 4) is 0 Å². The van der Waals surface area contributed by atoms with Gasteiger partial charge in [-0.25, -0.2) is 22.0 Å². The number of halogens is 5. The fourth-order valence-electron chi connectivity index (χ4n) is 5.33. The lowest BCUT2D eigenvalue weighted by Crippen LogP contribution is -2.45. The molecule has 5 rings (SSSR count). The monoisotopic (exact) mass is 524 g/mol. The van der Waals surface area contributed by atoms with Crippen LogP contribution in [0.3, 0.4) is 0 Å². The minimum absolute atomic E-state index is 0.0341. The fourth-order valence-corrected chi connectivity index (χ4v) is 5.33. The van der Waals surface area contributed by atoms with Crippen LogP contribution < -0.4 is 21.5 Å². The van der Waals surface area contributed by atoms with Crippen LogP contribution in [0.15, 0.2) is 35.3 Å². The normalized spacial score (nSPS) is 22.2. The summed E-state index contributed by atoms with van der Waals surface area (Å²) in [6.45, 7) is 2.21. The van der Waals surface area contributed by atoms with E-state index in [1.54, 1.807) is 0 Å². The average molecular weight is 525 g/mol. The third-order valence-corrected chi connectivity index (χ3v) is 7.90. The number of carbonyl (C=O) groups excluding carboxylic acids is 1. The minimum Gasteiger partial charge on any atom is -0.381 e. The van der Waals surface area contributed by atoms with Crippen LogP contribution in [0.2, 0.25) is 0 Å². The number of nitrogens with one attached hydrogen (secondary N) is 3. The van der Waals surface area contributed by atoms with Crippen molar-refractivity contribution in [3.63, 3.8) is 0 Å². The molecule has 2 aliphatic carbocycles. The van der Waals surface area contributed by atoms with Gasteiger partial charge in [0.2, 0.25) is 0 Å². The molecule has 3 aliphatic rings. The molecule has 0 radical (unpaired) electrons. The predicted octanol–water partition coefficient (Wildman–Crippen LogP) is 4.87. The number of hydrogen-bond acceptors (Lipinski definition) is 4. The van der Waals surface area contributed by atoms with Crippen LogP contribution in [0.25, 0.3) is 0 Å². The molecule has 200 valence electrons. The van der Waals surface area contributed by atoms with Gasteiger partial charge in [0.05, 0.1) is 22.9 Å². The Morgan fingerprint density at radius 3 is 2.46 bits per heavy atom. The Morgan fingerprint density at radius 1 is 1.14 bits per heavy atom. The second-order valence-corrected chi connectivity index (χ2v) is 10.5. The molecule has 1 aromatic heterocycles. The van der Waals surface area contributed by atoms with Crippen LogP contribution in [0.1, 0.15) is 79.4 Å². The Balaban J connectivity index is 1.46. The average Bonchev–Trinajstić information content (AvgIpc) is 3.77. The zero-order valence-electron chi connectivity index (χ0n) is 20.3. The van der Waals surface area contributed by atoms with Crippen molar-refractivity contribution in [1.82, 2.24) is 15.2 Å². The van der Waals surface area contributed by atoms with Gasteiger partial charge in [0.15, 0.2) is 0 Å². The van der Waals surface area contributed by atoms with Gasteiger partial charge in [0.25, 0.3) is 24.3 Å². The first-order valence-electron chi connectivity index (χ1n) is 12.5. The van der Waals surface area contributed by atoms with Crippen molar-refractivity contribution in [3.05, 3.63) is 63.3 Å². The van der Waals surface area contributed by atoms with E-state index in [1.165, 1.54) is 25.1 Å². The maximum absolute atomic E-state index is 14.7. The lowest BCUT2D eigenvalue weighted by Gasteiger charge is -2.32. The maximum Gasteiger partial charge on any atom is 0.266 e. The molecule has 0 bridgehead atoms. The second kappa shape index (κ2) is 9.41. The summed E-state index contributed by atoms with van der Waals surface area (Å²) in [7, 11) is 0. The van der Waals surface area contributed by atoms with Crippen molar-refractivity contribution < 1.29 is 26.7 Å². The molecule has 2 saturated carbocycles. The van der Waals surface area contributed by atoms with Gasteiger partial charge in [-0.3, -0.25) is 9.59 Å². The van der Waals surface area contributed by atoms with Crippen molar-refractivity contribution in [1.29, 1.82) is 0 Å². The molecule has 2 heterocycles. The summed E-state index contributed by atoms with van der Waals surface area (Å²) >= 11 is 0. The van der Waals surface area contributed by atoms with E-state index in [2.05, 4.69) is 16.0 Å². The molecule has 1 saturated heterocycles. The van der Waals surface area contributed by atoms with Crippen LogP contribution in [-0.2, 0) is 5.54 Å². The third kappa shape index (κ3) is 4.85. The summed E-state index contributed by atoms with van der Waals surface area (Å²) in [4.78, 5) is 26.3. The Kier molecular flexibility index (Phi) is 6.54. The number of rotatable bonds is 8. The van der Waals surface area contributed by atoms with Gasteiger partial charge in [-0.2, -0.15) is 0 Å². The van der Waals surface area contributed by atoms with Crippen molar-refractivity contribution >= 4 is 11.6 Å². The summed E-state index contributed by atoms with van der Waals surface area (Å²) in [5.41, 5.74) is -2.97. The summed E-state index contributed by atoms with van der Waals surface area (Å²) in [5, 5.41) is 9.35. The molecule has 6 nitrogen and oxygen atoms in total. The summed E-state index contributed by atoms with van der Waals surface area (Å²) in [5.74, 6) is -1.85. The maximum atomic E-state index is 14.7. The number of hydrogen-bond donors (Lipinski definition) is 3. The van der Waals surface area contributed by atoms with Gasteiger partial charge in [0, 0.05) is 29.4 Å². The van der Waals surface area contributed by atoms with E-state index in [4.69, 9.17) is 0 Å². The number of alkyl halides is 4. The number of anilines is 1. The van der Waals surface area contributed by atoms with E-state index in [0.717, 1.165) is 49.1 Å². The Hall–Kier alpha value is -2.95. The van der Waals surface area contributed by atoms with Crippen LogP contribution >= 0.6 is 0 Å². The highest BCUT2D eigenvalue weighted by molar-refractivity contribution is 5.99. The standard InChI is InChI=1S/C26H29F5N4O2/c1-14(16-3-2-4-17(21(16)27)22(28)29)33-23(37)18-13-35(26(8-9-26)24(30)31)20(36)11-19(18)34-15-5-10-32-25(12-15)6-7-25/h2-4,11,13-15,22,24,32,34H,5-10,12H2,1H3,(H,33,37)/t14-,15-/m1/s1. The lowest BCUT2D eigenvalue weighted by molar-refractivity contribution is 0.0648. The number of pyridine rings is 1. The van der Waals surface area contributed by atoms with E-state index < -0.39 is 47.3 Å². The van der Waals surface area contributed by atoms with Crippen molar-refractivity contribution in [2.45, 2.75) is 81.5 Å². The molecule has 1 aromatic carbocycles. The van der Waals surface area contributed by atoms with Crippen LogP contribution in [0.4, 0.5) is 27.6 Å². The van der Waals surface area contributed by atoms with E-state index in [-0.39, 0.29) is 41.2 Å². The molecule has 1 amide bonds. The highest BCUT2D eigenvalue weighted by Gasteiger charge is 2.54. The van der Waals surface area contributed by atoms with Gasteiger partial charge in [0.1, 0.15) is 11.4 Å². The zero-order valence-corrected chi connectivity index (χ0v) is 20.3. The predicted molar refractivity (Wildman–Crippen MR) is 128 cm³/mol.